The minimum Gasteiger partial charge on any atom is -0.434 e. The van der Waals surface area contributed by atoms with E-state index in [9.17, 15) is 14.4 Å². The van der Waals surface area contributed by atoms with Gasteiger partial charge < -0.3 is 19.3 Å². The smallest absolute Gasteiger partial charge is 0.434 e. The van der Waals surface area contributed by atoms with Crippen molar-refractivity contribution in [2.24, 2.45) is 4.99 Å². The van der Waals surface area contributed by atoms with Gasteiger partial charge >= 0.3 is 6.16 Å². The summed E-state index contributed by atoms with van der Waals surface area (Å²) < 4.78 is 9.95. The molecule has 0 radical (unpaired) electrons. The van der Waals surface area contributed by atoms with Crippen molar-refractivity contribution in [3.8, 4) is 0 Å². The van der Waals surface area contributed by atoms with Crippen LogP contribution in [0.4, 0.5) is 4.79 Å². The van der Waals surface area contributed by atoms with E-state index in [0.717, 1.165) is 11.1 Å². The van der Waals surface area contributed by atoms with E-state index in [1.54, 1.807) is 37.0 Å². The molecule has 0 aromatic heterocycles. The van der Waals surface area contributed by atoms with Crippen molar-refractivity contribution in [1.82, 2.24) is 9.80 Å². The molecule has 2 aliphatic heterocycles. The highest BCUT2D eigenvalue weighted by atomic mass is 16.7. The van der Waals surface area contributed by atoms with Gasteiger partial charge in [0.25, 0.3) is 5.91 Å². The summed E-state index contributed by atoms with van der Waals surface area (Å²) in [4.78, 5) is 45.0. The number of carbonyl (C=O) groups excluding carboxylic acids is 3. The van der Waals surface area contributed by atoms with Crippen LogP contribution in [-0.2, 0) is 19.1 Å². The second-order valence-corrected chi connectivity index (χ2v) is 6.63. The molecule has 1 unspecified atom stereocenters. The van der Waals surface area contributed by atoms with Crippen molar-refractivity contribution in [2.45, 2.75) is 32.7 Å². The highest BCUT2D eigenvalue weighted by Crippen LogP contribution is 2.46. The molecule has 26 heavy (non-hydrogen) atoms. The quantitative estimate of drug-likeness (QED) is 0.709. The topological polar surface area (TPSA) is 88.5 Å². The van der Waals surface area contributed by atoms with Gasteiger partial charge in [-0.15, -0.1) is 0 Å². The van der Waals surface area contributed by atoms with E-state index in [1.165, 1.54) is 0 Å². The maximum atomic E-state index is 13.0. The summed E-state index contributed by atoms with van der Waals surface area (Å²) in [6.45, 7) is 5.52. The first-order valence-corrected chi connectivity index (χ1v) is 8.31. The fourth-order valence-corrected chi connectivity index (χ4v) is 3.62. The molecule has 8 heteroatoms. The molecule has 0 saturated heterocycles. The fraction of sp³-hybridized carbons (Fsp3) is 0.444. The zero-order valence-electron chi connectivity index (χ0n) is 15.5. The van der Waals surface area contributed by atoms with Crippen LogP contribution in [0, 0.1) is 0 Å². The summed E-state index contributed by atoms with van der Waals surface area (Å²) in [5, 5.41) is 0. The van der Waals surface area contributed by atoms with Crippen LogP contribution >= 0.6 is 0 Å². The maximum absolute atomic E-state index is 13.0. The summed E-state index contributed by atoms with van der Waals surface area (Å²) >= 11 is 0. The number of likely N-dealkylation sites (N-methyl/N-ethyl adjacent to an activating group) is 1. The Bertz CT molecular complexity index is 834. The number of hydrogen-bond donors (Lipinski definition) is 0. The highest BCUT2D eigenvalue weighted by molar-refractivity contribution is 6.20. The standard InChI is InChI=1S/C18H21N3O5/c1-6-25-17(24)26-13-12(22)8-18(14(13)20(4)5)16(23)19-15-11(3)7-10(2)9-21(15)18/h7,9H,6,8H2,1-5H3. The number of amides is 1. The Hall–Kier alpha value is -2.90. The summed E-state index contributed by atoms with van der Waals surface area (Å²) in [5.41, 5.74) is 0.730. The SMILES string of the molecule is CCOC(=O)OC1=C(N(C)C)C2(CC1=O)C(=O)N=C1C(C)=CC(C)=CN12. The van der Waals surface area contributed by atoms with E-state index in [-0.39, 0.29) is 18.8 Å². The van der Waals surface area contributed by atoms with Crippen LogP contribution in [0.25, 0.3) is 0 Å². The Labute approximate surface area is 151 Å². The van der Waals surface area contributed by atoms with E-state index in [4.69, 9.17) is 9.47 Å². The van der Waals surface area contributed by atoms with E-state index in [0.29, 0.717) is 11.5 Å². The normalized spacial score (nSPS) is 24.5. The van der Waals surface area contributed by atoms with Crippen molar-refractivity contribution in [3.05, 3.63) is 34.9 Å². The summed E-state index contributed by atoms with van der Waals surface area (Å²) in [6, 6.07) is 0. The number of ether oxygens (including phenoxy) is 2. The lowest BCUT2D eigenvalue weighted by Crippen LogP contribution is -2.53. The lowest BCUT2D eigenvalue weighted by molar-refractivity contribution is -0.127. The molecule has 138 valence electrons. The molecular weight excluding hydrogens is 338 g/mol. The Kier molecular flexibility index (Phi) is 4.21. The molecule has 1 spiro atoms. The van der Waals surface area contributed by atoms with Gasteiger partial charge in [-0.3, -0.25) is 9.59 Å². The molecule has 0 fully saturated rings. The van der Waals surface area contributed by atoms with Crippen LogP contribution in [0.5, 0.6) is 0 Å². The van der Waals surface area contributed by atoms with Crippen molar-refractivity contribution in [2.75, 3.05) is 20.7 Å². The zero-order chi connectivity index (χ0) is 19.2. The van der Waals surface area contributed by atoms with Crippen molar-refractivity contribution in [3.63, 3.8) is 0 Å². The first kappa shape index (κ1) is 17.9. The largest absolute Gasteiger partial charge is 0.514 e. The number of Topliss-reactive ketones (excluding diaryl/α,β-unsaturated/α-hetero) is 1. The summed E-state index contributed by atoms with van der Waals surface area (Å²) in [7, 11) is 3.39. The number of nitrogens with zero attached hydrogens (tertiary/aromatic N) is 3. The highest BCUT2D eigenvalue weighted by Gasteiger charge is 2.61. The zero-order valence-corrected chi connectivity index (χ0v) is 15.5. The molecule has 3 aliphatic rings. The lowest BCUT2D eigenvalue weighted by Gasteiger charge is -2.38. The molecule has 0 bridgehead atoms. The predicted octanol–water partition coefficient (Wildman–Crippen LogP) is 1.75. The second-order valence-electron chi connectivity index (χ2n) is 6.63. The van der Waals surface area contributed by atoms with Crippen LogP contribution < -0.4 is 0 Å². The number of amidine groups is 1. The van der Waals surface area contributed by atoms with E-state index < -0.39 is 23.4 Å². The number of carbonyl (C=O) groups is 3. The molecule has 1 amide bonds. The first-order valence-electron chi connectivity index (χ1n) is 8.31. The molecule has 1 atom stereocenters. The van der Waals surface area contributed by atoms with Crippen molar-refractivity contribution < 1.29 is 23.9 Å². The molecule has 8 nitrogen and oxygen atoms in total. The van der Waals surface area contributed by atoms with Gasteiger partial charge in [-0.2, -0.15) is 4.99 Å². The molecule has 1 aliphatic carbocycles. The maximum Gasteiger partial charge on any atom is 0.514 e. The number of hydrogen-bond acceptors (Lipinski definition) is 7. The number of rotatable bonds is 3. The van der Waals surface area contributed by atoms with Crippen LogP contribution in [0.15, 0.2) is 39.9 Å². The predicted molar refractivity (Wildman–Crippen MR) is 93.0 cm³/mol. The van der Waals surface area contributed by atoms with Gasteiger partial charge in [0.15, 0.2) is 11.3 Å². The van der Waals surface area contributed by atoms with Gasteiger partial charge in [-0.05, 0) is 31.9 Å². The van der Waals surface area contributed by atoms with Crippen LogP contribution in [-0.4, -0.2) is 59.7 Å². The average Bonchev–Trinajstić information content (AvgIpc) is 2.97. The van der Waals surface area contributed by atoms with Crippen LogP contribution in [0.3, 0.4) is 0 Å². The third-order valence-corrected chi connectivity index (χ3v) is 4.50. The van der Waals surface area contributed by atoms with Crippen molar-refractivity contribution in [1.29, 1.82) is 0 Å². The number of fused-ring (bicyclic) bond motifs is 2. The fourth-order valence-electron chi connectivity index (χ4n) is 3.62. The van der Waals surface area contributed by atoms with Crippen LogP contribution in [0.2, 0.25) is 0 Å². The van der Waals surface area contributed by atoms with E-state index in [1.807, 2.05) is 19.9 Å². The number of allylic oxidation sites excluding steroid dienone is 3. The Morgan fingerprint density at radius 1 is 1.35 bits per heavy atom. The first-order chi connectivity index (χ1) is 12.2. The van der Waals surface area contributed by atoms with Crippen LogP contribution in [0.1, 0.15) is 27.2 Å². The average molecular weight is 359 g/mol. The third-order valence-electron chi connectivity index (χ3n) is 4.50. The minimum absolute atomic E-state index is 0.118. The Morgan fingerprint density at radius 3 is 2.65 bits per heavy atom. The molecule has 0 aromatic rings. The molecule has 2 heterocycles. The monoisotopic (exact) mass is 359 g/mol. The van der Waals surface area contributed by atoms with Gasteiger partial charge in [0.05, 0.1) is 18.7 Å². The summed E-state index contributed by atoms with van der Waals surface area (Å²) in [5.74, 6) is -0.558. The van der Waals surface area contributed by atoms with Gasteiger partial charge in [-0.1, -0.05) is 6.08 Å². The van der Waals surface area contributed by atoms with Gasteiger partial charge in [0, 0.05) is 20.3 Å². The van der Waals surface area contributed by atoms with E-state index in [2.05, 4.69) is 4.99 Å². The second kappa shape index (κ2) is 6.12. The minimum atomic E-state index is -1.34. The molecule has 0 aromatic carbocycles. The molecule has 3 rings (SSSR count). The third kappa shape index (κ3) is 2.44. The van der Waals surface area contributed by atoms with Gasteiger partial charge in [0.1, 0.15) is 5.84 Å². The van der Waals surface area contributed by atoms with Gasteiger partial charge in [0.2, 0.25) is 5.78 Å². The summed E-state index contributed by atoms with van der Waals surface area (Å²) in [6.07, 6.45) is 2.59. The lowest BCUT2D eigenvalue weighted by atomic mass is 9.91. The Balaban J connectivity index is 2.14. The Morgan fingerprint density at radius 2 is 2.04 bits per heavy atom. The van der Waals surface area contributed by atoms with Crippen molar-refractivity contribution >= 4 is 23.7 Å². The molecular formula is C18H21N3O5. The molecule has 0 N–H and O–H groups in total. The van der Waals surface area contributed by atoms with E-state index >= 15 is 0 Å². The number of ketones is 1. The van der Waals surface area contributed by atoms with Gasteiger partial charge in [-0.25, -0.2) is 4.79 Å². The molecule has 0 saturated carbocycles. The number of aliphatic imine (C=N–C) groups is 1.